The zero-order valence-corrected chi connectivity index (χ0v) is 13.7. The lowest BCUT2D eigenvalue weighted by Crippen LogP contribution is -2.38. The molecule has 0 saturated heterocycles. The fraction of sp³-hybridized carbons (Fsp3) is 0.429. The van der Waals surface area contributed by atoms with E-state index in [4.69, 9.17) is 5.73 Å². The van der Waals surface area contributed by atoms with Crippen molar-refractivity contribution < 1.29 is 0 Å². The van der Waals surface area contributed by atoms with Crippen molar-refractivity contribution in [3.8, 4) is 0 Å². The molecular formula is C14H20IN5. The molecule has 3 N–H and O–H groups in total. The van der Waals surface area contributed by atoms with Gasteiger partial charge in [0.15, 0.2) is 5.96 Å². The van der Waals surface area contributed by atoms with Crippen LogP contribution >= 0.6 is 24.0 Å². The van der Waals surface area contributed by atoms with Gasteiger partial charge in [0.1, 0.15) is 5.65 Å². The highest BCUT2D eigenvalue weighted by Gasteiger charge is 2.14. The number of nitrogens with two attached hydrogens (primary N) is 1. The first-order chi connectivity index (χ1) is 9.31. The van der Waals surface area contributed by atoms with E-state index in [0.717, 1.165) is 11.3 Å². The fourth-order valence-corrected chi connectivity index (χ4v) is 2.55. The number of nitrogens with one attached hydrogen (secondary N) is 1. The third kappa shape index (κ3) is 3.62. The lowest BCUT2D eigenvalue weighted by Gasteiger charge is -2.11. The van der Waals surface area contributed by atoms with Gasteiger partial charge in [0.05, 0.1) is 12.2 Å². The van der Waals surface area contributed by atoms with Crippen molar-refractivity contribution in [1.29, 1.82) is 0 Å². The summed E-state index contributed by atoms with van der Waals surface area (Å²) in [6.07, 6.45) is 8.95. The zero-order valence-electron chi connectivity index (χ0n) is 11.3. The number of imidazole rings is 1. The van der Waals surface area contributed by atoms with Crippen molar-refractivity contribution >= 4 is 35.6 Å². The second-order valence-electron chi connectivity index (χ2n) is 5.03. The van der Waals surface area contributed by atoms with Crippen molar-refractivity contribution in [2.75, 3.05) is 0 Å². The Kier molecular flexibility index (Phi) is 5.22. The number of aliphatic imine (C=N–C) groups is 1. The third-order valence-corrected chi connectivity index (χ3v) is 3.53. The molecule has 0 atom stereocenters. The molecule has 6 heteroatoms. The quantitative estimate of drug-likeness (QED) is 0.484. The Hall–Kier alpha value is -1.31. The molecule has 3 rings (SSSR count). The molecular weight excluding hydrogens is 365 g/mol. The molecule has 20 heavy (non-hydrogen) atoms. The number of guanidine groups is 1. The molecule has 0 spiro atoms. The molecule has 1 saturated carbocycles. The van der Waals surface area contributed by atoms with Crippen LogP contribution in [0.3, 0.4) is 0 Å². The first-order valence-corrected chi connectivity index (χ1v) is 6.80. The summed E-state index contributed by atoms with van der Waals surface area (Å²) in [4.78, 5) is 8.85. The predicted octanol–water partition coefficient (Wildman–Crippen LogP) is 2.30. The Labute approximate surface area is 135 Å². The van der Waals surface area contributed by atoms with Crippen LogP contribution in [0, 0.1) is 0 Å². The smallest absolute Gasteiger partial charge is 0.189 e. The van der Waals surface area contributed by atoms with Crippen LogP contribution in [0.5, 0.6) is 0 Å². The van der Waals surface area contributed by atoms with Gasteiger partial charge in [0.2, 0.25) is 0 Å². The normalized spacial score (nSPS) is 16.3. The Bertz CT molecular complexity index is 553. The van der Waals surface area contributed by atoms with Crippen molar-refractivity contribution in [3.63, 3.8) is 0 Å². The summed E-state index contributed by atoms with van der Waals surface area (Å²) in [7, 11) is 0. The monoisotopic (exact) mass is 385 g/mol. The second-order valence-corrected chi connectivity index (χ2v) is 5.03. The third-order valence-electron chi connectivity index (χ3n) is 3.53. The molecule has 1 fully saturated rings. The summed E-state index contributed by atoms with van der Waals surface area (Å²) >= 11 is 0. The lowest BCUT2D eigenvalue weighted by molar-refractivity contribution is 0.625. The molecule has 108 valence electrons. The van der Waals surface area contributed by atoms with Crippen LogP contribution < -0.4 is 11.1 Å². The van der Waals surface area contributed by atoms with E-state index in [9.17, 15) is 0 Å². The highest BCUT2D eigenvalue weighted by molar-refractivity contribution is 14.0. The number of rotatable bonds is 3. The topological polar surface area (TPSA) is 67.7 Å². The largest absolute Gasteiger partial charge is 0.370 e. The molecule has 1 aliphatic rings. The van der Waals surface area contributed by atoms with E-state index in [1.807, 2.05) is 35.0 Å². The van der Waals surface area contributed by atoms with Crippen molar-refractivity contribution in [2.45, 2.75) is 38.3 Å². The number of nitrogens with zero attached hydrogens (tertiary/aromatic N) is 3. The minimum Gasteiger partial charge on any atom is -0.370 e. The number of fused-ring (bicyclic) bond motifs is 1. The predicted molar refractivity (Wildman–Crippen MR) is 91.3 cm³/mol. The van der Waals surface area contributed by atoms with E-state index in [1.165, 1.54) is 25.7 Å². The Morgan fingerprint density at radius 1 is 1.40 bits per heavy atom. The van der Waals surface area contributed by atoms with E-state index >= 15 is 0 Å². The average Bonchev–Trinajstić information content (AvgIpc) is 3.04. The summed E-state index contributed by atoms with van der Waals surface area (Å²) in [5, 5.41) is 3.28. The first kappa shape index (κ1) is 15.1. The van der Waals surface area contributed by atoms with E-state index in [-0.39, 0.29) is 24.0 Å². The minimum absolute atomic E-state index is 0. The molecule has 2 aromatic rings. The van der Waals surface area contributed by atoms with Crippen LogP contribution in [-0.2, 0) is 6.54 Å². The minimum atomic E-state index is 0. The van der Waals surface area contributed by atoms with Crippen molar-refractivity contribution in [3.05, 3.63) is 36.3 Å². The number of aromatic nitrogens is 2. The summed E-state index contributed by atoms with van der Waals surface area (Å²) in [6, 6.07) is 6.45. The molecule has 0 aliphatic heterocycles. The standard InChI is InChI=1S/C14H19N5.HI/c15-14(18-11-5-1-2-6-11)16-9-12-10-19-8-4-3-7-13(19)17-12;/h3-4,7-8,10-11H,1-2,5-6,9H2,(H3,15,16,18);1H. The van der Waals surface area contributed by atoms with E-state index in [1.54, 1.807) is 0 Å². The number of hydrogen-bond donors (Lipinski definition) is 2. The molecule has 2 aromatic heterocycles. The molecule has 2 heterocycles. The van der Waals surface area contributed by atoms with Gasteiger partial charge in [-0.1, -0.05) is 18.9 Å². The molecule has 1 aliphatic carbocycles. The maximum absolute atomic E-state index is 5.90. The van der Waals surface area contributed by atoms with Crippen LogP contribution in [0.4, 0.5) is 0 Å². The van der Waals surface area contributed by atoms with Crippen LogP contribution in [-0.4, -0.2) is 21.4 Å². The summed E-state index contributed by atoms with van der Waals surface area (Å²) in [5.74, 6) is 0.531. The van der Waals surface area contributed by atoms with E-state index < -0.39 is 0 Å². The Morgan fingerprint density at radius 3 is 2.95 bits per heavy atom. The van der Waals surface area contributed by atoms with Crippen LogP contribution in [0.25, 0.3) is 5.65 Å². The average molecular weight is 385 g/mol. The van der Waals surface area contributed by atoms with Crippen LogP contribution in [0.2, 0.25) is 0 Å². The Balaban J connectivity index is 0.00000147. The summed E-state index contributed by atoms with van der Waals surface area (Å²) < 4.78 is 1.99. The molecule has 0 amide bonds. The van der Waals surface area contributed by atoms with Gasteiger partial charge in [0.25, 0.3) is 0 Å². The molecule has 5 nitrogen and oxygen atoms in total. The van der Waals surface area contributed by atoms with E-state index in [2.05, 4.69) is 15.3 Å². The molecule has 0 unspecified atom stereocenters. The fourth-order valence-electron chi connectivity index (χ4n) is 2.55. The Morgan fingerprint density at radius 2 is 2.20 bits per heavy atom. The molecule has 0 radical (unpaired) electrons. The van der Waals surface area contributed by atoms with Gasteiger partial charge in [0, 0.05) is 18.4 Å². The number of hydrogen-bond acceptors (Lipinski definition) is 2. The van der Waals surface area contributed by atoms with Crippen LogP contribution in [0.15, 0.2) is 35.6 Å². The lowest BCUT2D eigenvalue weighted by atomic mass is 10.2. The molecule has 0 bridgehead atoms. The van der Waals surface area contributed by atoms with Gasteiger partial charge < -0.3 is 15.5 Å². The van der Waals surface area contributed by atoms with Crippen LogP contribution in [0.1, 0.15) is 31.4 Å². The molecule has 0 aromatic carbocycles. The van der Waals surface area contributed by atoms with Gasteiger partial charge in [-0.15, -0.1) is 24.0 Å². The van der Waals surface area contributed by atoms with Gasteiger partial charge >= 0.3 is 0 Å². The van der Waals surface area contributed by atoms with E-state index in [0.29, 0.717) is 18.5 Å². The van der Waals surface area contributed by atoms with Crippen molar-refractivity contribution in [1.82, 2.24) is 14.7 Å². The maximum Gasteiger partial charge on any atom is 0.189 e. The number of halogens is 1. The second kappa shape index (κ2) is 6.92. The van der Waals surface area contributed by atoms with Gasteiger partial charge in [-0.25, -0.2) is 9.98 Å². The van der Waals surface area contributed by atoms with Gasteiger partial charge in [-0.2, -0.15) is 0 Å². The summed E-state index contributed by atoms with van der Waals surface area (Å²) in [5.41, 5.74) is 7.77. The maximum atomic E-state index is 5.90. The summed E-state index contributed by atoms with van der Waals surface area (Å²) in [6.45, 7) is 0.521. The zero-order chi connectivity index (χ0) is 13.1. The van der Waals surface area contributed by atoms with Crippen molar-refractivity contribution in [2.24, 2.45) is 10.7 Å². The SMILES string of the molecule is I.NC(=NCc1cn2ccccc2n1)NC1CCCC1. The highest BCUT2D eigenvalue weighted by atomic mass is 127. The highest BCUT2D eigenvalue weighted by Crippen LogP contribution is 2.17. The van der Waals surface area contributed by atoms with Gasteiger partial charge in [-0.05, 0) is 25.0 Å². The van der Waals surface area contributed by atoms with Gasteiger partial charge in [-0.3, -0.25) is 0 Å². The first-order valence-electron chi connectivity index (χ1n) is 6.80. The number of pyridine rings is 1.